The smallest absolute Gasteiger partial charge is 0.175 e. The molecule has 27 heavy (non-hydrogen) atoms. The number of benzene rings is 2. The fourth-order valence-electron chi connectivity index (χ4n) is 2.98. The summed E-state index contributed by atoms with van der Waals surface area (Å²) in [7, 11) is -1.66. The van der Waals surface area contributed by atoms with Crippen LogP contribution in [0.5, 0.6) is 17.2 Å². The van der Waals surface area contributed by atoms with Gasteiger partial charge in [0, 0.05) is 30.4 Å². The molecule has 8 heteroatoms. The van der Waals surface area contributed by atoms with Crippen molar-refractivity contribution < 1.29 is 22.6 Å². The van der Waals surface area contributed by atoms with Gasteiger partial charge in [0.2, 0.25) is 0 Å². The largest absolute Gasteiger partial charge is 0.496 e. The molecule has 7 nitrogen and oxygen atoms in total. The predicted molar refractivity (Wildman–Crippen MR) is 99.7 cm³/mol. The van der Waals surface area contributed by atoms with E-state index >= 15 is 0 Å². The number of aromatic nitrogens is 2. The summed E-state index contributed by atoms with van der Waals surface area (Å²) in [5.74, 6) is 2.53. The summed E-state index contributed by atoms with van der Waals surface area (Å²) in [5.41, 5.74) is 1.53. The first-order chi connectivity index (χ1) is 13.0. The van der Waals surface area contributed by atoms with Gasteiger partial charge in [0.15, 0.2) is 21.3 Å². The van der Waals surface area contributed by atoms with Crippen LogP contribution >= 0.6 is 0 Å². The summed E-state index contributed by atoms with van der Waals surface area (Å²) < 4.78 is 42.0. The zero-order valence-electron chi connectivity index (χ0n) is 14.9. The molecule has 0 unspecified atom stereocenters. The van der Waals surface area contributed by atoms with Crippen LogP contribution in [-0.4, -0.2) is 44.5 Å². The maximum Gasteiger partial charge on any atom is 0.175 e. The van der Waals surface area contributed by atoms with Gasteiger partial charge in [-0.2, -0.15) is 0 Å². The maximum atomic E-state index is 11.7. The van der Waals surface area contributed by atoms with Gasteiger partial charge in [-0.05, 0) is 30.3 Å². The van der Waals surface area contributed by atoms with E-state index in [1.165, 1.54) is 6.26 Å². The normalized spacial score (nSPS) is 13.4. The van der Waals surface area contributed by atoms with E-state index in [-0.39, 0.29) is 4.90 Å². The third kappa shape index (κ3) is 3.23. The van der Waals surface area contributed by atoms with Crippen molar-refractivity contribution in [1.82, 2.24) is 9.55 Å². The summed E-state index contributed by atoms with van der Waals surface area (Å²) in [6, 6.07) is 10.3. The Morgan fingerprint density at radius 3 is 2.37 bits per heavy atom. The van der Waals surface area contributed by atoms with Gasteiger partial charge in [-0.1, -0.05) is 0 Å². The van der Waals surface area contributed by atoms with Gasteiger partial charge in [-0.15, -0.1) is 0 Å². The van der Waals surface area contributed by atoms with Gasteiger partial charge in [-0.3, -0.25) is 4.57 Å². The first kappa shape index (κ1) is 17.4. The van der Waals surface area contributed by atoms with Crippen molar-refractivity contribution in [2.45, 2.75) is 4.90 Å². The van der Waals surface area contributed by atoms with E-state index in [1.54, 1.807) is 49.8 Å². The van der Waals surface area contributed by atoms with E-state index in [4.69, 9.17) is 14.2 Å². The Balaban J connectivity index is 1.80. The van der Waals surface area contributed by atoms with Crippen LogP contribution in [-0.2, 0) is 9.84 Å². The topological polar surface area (TPSA) is 79.7 Å². The van der Waals surface area contributed by atoms with E-state index in [2.05, 4.69) is 4.98 Å². The minimum absolute atomic E-state index is 0.268. The first-order valence-electron chi connectivity index (χ1n) is 8.29. The van der Waals surface area contributed by atoms with Crippen LogP contribution in [0.3, 0.4) is 0 Å². The van der Waals surface area contributed by atoms with Crippen molar-refractivity contribution in [1.29, 1.82) is 0 Å². The van der Waals surface area contributed by atoms with Crippen molar-refractivity contribution >= 4 is 9.84 Å². The molecule has 0 N–H and O–H groups in total. The number of methoxy groups -OCH3 is 1. The second kappa shape index (κ2) is 6.62. The molecular weight excluding hydrogens is 368 g/mol. The molecule has 3 aromatic rings. The highest BCUT2D eigenvalue weighted by Crippen LogP contribution is 2.41. The number of fused-ring (bicyclic) bond motifs is 1. The molecule has 1 aromatic heterocycles. The summed E-state index contributed by atoms with van der Waals surface area (Å²) in [4.78, 5) is 4.73. The number of hydrogen-bond acceptors (Lipinski definition) is 6. The highest BCUT2D eigenvalue weighted by Gasteiger charge is 2.20. The molecule has 0 radical (unpaired) electrons. The van der Waals surface area contributed by atoms with Crippen LogP contribution in [0.15, 0.2) is 53.7 Å². The number of imidazole rings is 1. The minimum Gasteiger partial charge on any atom is -0.496 e. The Bertz CT molecular complexity index is 1090. The number of rotatable bonds is 4. The summed E-state index contributed by atoms with van der Waals surface area (Å²) in [6.45, 7) is 0.983. The Kier molecular flexibility index (Phi) is 4.27. The van der Waals surface area contributed by atoms with Gasteiger partial charge >= 0.3 is 0 Å². The number of ether oxygens (including phenoxy) is 3. The van der Waals surface area contributed by atoms with Gasteiger partial charge in [0.1, 0.15) is 24.8 Å². The molecule has 0 bridgehead atoms. The minimum atomic E-state index is -3.25. The molecule has 4 rings (SSSR count). The summed E-state index contributed by atoms with van der Waals surface area (Å²) in [6.07, 6.45) is 4.67. The Morgan fingerprint density at radius 1 is 1.07 bits per heavy atom. The quantitative estimate of drug-likeness (QED) is 0.686. The molecule has 0 saturated carbocycles. The average Bonchev–Trinajstić information content (AvgIpc) is 3.16. The van der Waals surface area contributed by atoms with Crippen LogP contribution in [0.2, 0.25) is 0 Å². The monoisotopic (exact) mass is 386 g/mol. The molecule has 0 saturated heterocycles. The van der Waals surface area contributed by atoms with Gasteiger partial charge in [0.05, 0.1) is 17.6 Å². The van der Waals surface area contributed by atoms with Crippen molar-refractivity contribution in [3.63, 3.8) is 0 Å². The molecule has 0 aliphatic carbocycles. The average molecular weight is 386 g/mol. The fourth-order valence-corrected chi connectivity index (χ4v) is 3.61. The lowest BCUT2D eigenvalue weighted by Gasteiger charge is -2.21. The van der Waals surface area contributed by atoms with Gasteiger partial charge < -0.3 is 14.2 Å². The van der Waals surface area contributed by atoms with E-state index in [0.717, 1.165) is 11.3 Å². The number of sulfone groups is 1. The molecule has 2 aromatic carbocycles. The molecule has 2 heterocycles. The fraction of sp³-hybridized carbons (Fsp3) is 0.211. The van der Waals surface area contributed by atoms with Gasteiger partial charge in [0.25, 0.3) is 0 Å². The van der Waals surface area contributed by atoms with Crippen LogP contribution < -0.4 is 14.2 Å². The lowest BCUT2D eigenvalue weighted by Crippen LogP contribution is -2.15. The van der Waals surface area contributed by atoms with Crippen LogP contribution in [0.4, 0.5) is 0 Å². The second-order valence-corrected chi connectivity index (χ2v) is 8.10. The van der Waals surface area contributed by atoms with E-state index in [9.17, 15) is 8.42 Å². The maximum absolute atomic E-state index is 11.7. The second-order valence-electron chi connectivity index (χ2n) is 6.08. The molecular formula is C19H18N2O5S. The highest BCUT2D eigenvalue weighted by atomic mass is 32.2. The molecule has 0 fully saturated rings. The van der Waals surface area contributed by atoms with Crippen LogP contribution in [0, 0.1) is 0 Å². The van der Waals surface area contributed by atoms with E-state index in [1.807, 2.05) is 10.6 Å². The molecule has 0 atom stereocenters. The summed E-state index contributed by atoms with van der Waals surface area (Å²) in [5, 5.41) is 0. The van der Waals surface area contributed by atoms with Crippen molar-refractivity contribution in [3.05, 3.63) is 48.8 Å². The lowest BCUT2D eigenvalue weighted by molar-refractivity contribution is 0.171. The first-order valence-corrected chi connectivity index (χ1v) is 10.2. The van der Waals surface area contributed by atoms with Crippen LogP contribution in [0.25, 0.3) is 17.1 Å². The molecule has 0 spiro atoms. The van der Waals surface area contributed by atoms with Crippen LogP contribution in [0.1, 0.15) is 0 Å². The Hall–Kier alpha value is -3.00. The highest BCUT2D eigenvalue weighted by molar-refractivity contribution is 7.90. The predicted octanol–water partition coefficient (Wildman–Crippen LogP) is 2.72. The number of nitrogens with zero attached hydrogens (tertiary/aromatic N) is 2. The number of hydrogen-bond donors (Lipinski definition) is 0. The standard InChI is InChI=1S/C19H18N2O5S/c1-24-16-12-18-17(25-9-10-26-18)11-15(16)19-20-7-8-21(19)13-3-5-14(6-4-13)27(2,22)23/h3-8,11-12H,9-10H2,1-2H3. The van der Waals surface area contributed by atoms with Crippen molar-refractivity contribution in [2.24, 2.45) is 0 Å². The Labute approximate surface area is 157 Å². The van der Waals surface area contributed by atoms with Gasteiger partial charge in [-0.25, -0.2) is 13.4 Å². The summed E-state index contributed by atoms with van der Waals surface area (Å²) >= 11 is 0. The Morgan fingerprint density at radius 2 is 1.74 bits per heavy atom. The molecule has 1 aliphatic heterocycles. The zero-order chi connectivity index (χ0) is 19.0. The molecule has 140 valence electrons. The zero-order valence-corrected chi connectivity index (χ0v) is 15.7. The van der Waals surface area contributed by atoms with E-state index in [0.29, 0.717) is 36.3 Å². The SMILES string of the molecule is COc1cc2c(cc1-c1nccn1-c1ccc(S(C)(=O)=O)cc1)OCCO2. The lowest BCUT2D eigenvalue weighted by atomic mass is 10.1. The molecule has 0 amide bonds. The third-order valence-electron chi connectivity index (χ3n) is 4.29. The third-order valence-corrected chi connectivity index (χ3v) is 5.42. The molecule has 1 aliphatic rings. The van der Waals surface area contributed by atoms with Crippen molar-refractivity contribution in [3.8, 4) is 34.3 Å². The van der Waals surface area contributed by atoms with E-state index < -0.39 is 9.84 Å². The van der Waals surface area contributed by atoms with Crippen molar-refractivity contribution in [2.75, 3.05) is 26.6 Å².